The van der Waals surface area contributed by atoms with Crippen LogP contribution in [0.5, 0.6) is 0 Å². The molecule has 5 nitrogen and oxygen atoms in total. The van der Waals surface area contributed by atoms with Gasteiger partial charge in [0, 0.05) is 39.0 Å². The minimum absolute atomic E-state index is 0. The zero-order valence-corrected chi connectivity index (χ0v) is 14.5. The van der Waals surface area contributed by atoms with Gasteiger partial charge < -0.3 is 20.3 Å². The van der Waals surface area contributed by atoms with E-state index in [1.807, 2.05) is 12.1 Å². The summed E-state index contributed by atoms with van der Waals surface area (Å²) in [6.07, 6.45) is 1.03. The predicted octanol–water partition coefficient (Wildman–Crippen LogP) is 1.24. The number of carbonyl (C=O) groups is 1. The molecule has 0 spiro atoms. The smallest absolute Gasteiger partial charge is 0.239 e. The van der Waals surface area contributed by atoms with Crippen molar-refractivity contribution >= 4 is 36.4 Å². The van der Waals surface area contributed by atoms with Gasteiger partial charge in [0.2, 0.25) is 5.91 Å². The maximum absolute atomic E-state index is 11.9. The highest BCUT2D eigenvalue weighted by atomic mass is 35.5. The number of halogens is 2. The molecule has 0 radical (unpaired) electrons. The summed E-state index contributed by atoms with van der Waals surface area (Å²) >= 11 is 0. The maximum atomic E-state index is 11.9. The van der Waals surface area contributed by atoms with Crippen LogP contribution in [0.1, 0.15) is 5.56 Å². The Hall–Kier alpha value is -1.01. The molecule has 1 aliphatic rings. The highest BCUT2D eigenvalue weighted by molar-refractivity contribution is 5.85. The molecule has 22 heavy (non-hydrogen) atoms. The standard InChI is InChI=1S/C15H23N3O2.2ClH/c1-20-11-9-16-7-8-17-15(19)12-18-10-6-13-4-2-3-5-14(13)18;;/h2-5,16H,6-12H2,1H3,(H,17,19);2*1H. The number of anilines is 1. The van der Waals surface area contributed by atoms with E-state index in [9.17, 15) is 4.79 Å². The van der Waals surface area contributed by atoms with Crippen LogP contribution in [-0.4, -0.2) is 52.3 Å². The first-order valence-corrected chi connectivity index (χ1v) is 7.10. The molecule has 0 fully saturated rings. The molecule has 1 aliphatic heterocycles. The Kier molecular flexibility index (Phi) is 11.0. The summed E-state index contributed by atoms with van der Waals surface area (Å²) in [5.41, 5.74) is 2.53. The summed E-state index contributed by atoms with van der Waals surface area (Å²) in [6, 6.07) is 8.29. The van der Waals surface area contributed by atoms with Gasteiger partial charge >= 0.3 is 0 Å². The summed E-state index contributed by atoms with van der Waals surface area (Å²) in [5, 5.41) is 6.13. The van der Waals surface area contributed by atoms with E-state index in [0.717, 1.165) is 26.1 Å². The van der Waals surface area contributed by atoms with E-state index in [1.54, 1.807) is 7.11 Å². The van der Waals surface area contributed by atoms with E-state index in [2.05, 4.69) is 27.7 Å². The molecule has 1 heterocycles. The monoisotopic (exact) mass is 349 g/mol. The molecule has 2 rings (SSSR count). The third kappa shape index (κ3) is 6.40. The molecular weight excluding hydrogens is 325 g/mol. The van der Waals surface area contributed by atoms with Gasteiger partial charge in [-0.3, -0.25) is 4.79 Å². The summed E-state index contributed by atoms with van der Waals surface area (Å²) in [4.78, 5) is 14.0. The first kappa shape index (κ1) is 21.0. The molecule has 0 bridgehead atoms. The Morgan fingerprint density at radius 3 is 2.77 bits per heavy atom. The Bertz CT molecular complexity index is 447. The Morgan fingerprint density at radius 1 is 1.23 bits per heavy atom. The van der Waals surface area contributed by atoms with Gasteiger partial charge in [0.25, 0.3) is 0 Å². The average molecular weight is 350 g/mol. The number of benzene rings is 1. The summed E-state index contributed by atoms with van der Waals surface area (Å²) < 4.78 is 4.93. The molecule has 7 heteroatoms. The van der Waals surface area contributed by atoms with Crippen molar-refractivity contribution in [2.75, 3.05) is 51.3 Å². The first-order valence-electron chi connectivity index (χ1n) is 7.10. The van der Waals surface area contributed by atoms with Crippen LogP contribution in [0.2, 0.25) is 0 Å². The van der Waals surface area contributed by atoms with E-state index in [-0.39, 0.29) is 30.7 Å². The van der Waals surface area contributed by atoms with E-state index in [0.29, 0.717) is 19.7 Å². The number of carbonyl (C=O) groups excluding carboxylic acids is 1. The topological polar surface area (TPSA) is 53.6 Å². The van der Waals surface area contributed by atoms with Gasteiger partial charge in [-0.2, -0.15) is 0 Å². The second-order valence-electron chi connectivity index (χ2n) is 4.89. The second kappa shape index (κ2) is 11.5. The molecular formula is C15H25Cl2N3O2. The number of ether oxygens (including phenoxy) is 1. The predicted molar refractivity (Wildman–Crippen MR) is 94.6 cm³/mol. The van der Waals surface area contributed by atoms with Gasteiger partial charge in [0.1, 0.15) is 0 Å². The van der Waals surface area contributed by atoms with Crippen LogP contribution in [0, 0.1) is 0 Å². The van der Waals surface area contributed by atoms with Crippen LogP contribution in [0.25, 0.3) is 0 Å². The molecule has 0 atom stereocenters. The lowest BCUT2D eigenvalue weighted by Crippen LogP contribution is -2.39. The fourth-order valence-corrected chi connectivity index (χ4v) is 2.39. The molecule has 1 aromatic carbocycles. The minimum atomic E-state index is 0. The summed E-state index contributed by atoms with van der Waals surface area (Å²) in [6.45, 7) is 4.29. The maximum Gasteiger partial charge on any atom is 0.239 e. The number of hydrogen-bond acceptors (Lipinski definition) is 4. The first-order chi connectivity index (χ1) is 9.81. The third-order valence-corrected chi connectivity index (χ3v) is 3.42. The quantitative estimate of drug-likeness (QED) is 0.693. The molecule has 0 saturated carbocycles. The van der Waals surface area contributed by atoms with Crippen LogP contribution >= 0.6 is 24.8 Å². The number of methoxy groups -OCH3 is 1. The Labute approximate surface area is 144 Å². The third-order valence-electron chi connectivity index (χ3n) is 3.42. The van der Waals surface area contributed by atoms with Crippen LogP contribution in [0.3, 0.4) is 0 Å². The Balaban J connectivity index is 0.00000220. The van der Waals surface area contributed by atoms with Gasteiger partial charge in [-0.05, 0) is 18.1 Å². The lowest BCUT2D eigenvalue weighted by atomic mass is 10.2. The van der Waals surface area contributed by atoms with E-state index in [4.69, 9.17) is 4.74 Å². The van der Waals surface area contributed by atoms with E-state index in [1.165, 1.54) is 11.3 Å². The zero-order valence-electron chi connectivity index (χ0n) is 12.8. The minimum Gasteiger partial charge on any atom is -0.383 e. The van der Waals surface area contributed by atoms with Gasteiger partial charge in [-0.25, -0.2) is 0 Å². The van der Waals surface area contributed by atoms with Crippen LogP contribution in [0.4, 0.5) is 5.69 Å². The second-order valence-corrected chi connectivity index (χ2v) is 4.89. The highest BCUT2D eigenvalue weighted by Gasteiger charge is 2.19. The largest absolute Gasteiger partial charge is 0.383 e. The van der Waals surface area contributed by atoms with Crippen molar-refractivity contribution in [1.82, 2.24) is 10.6 Å². The Morgan fingerprint density at radius 2 is 2.00 bits per heavy atom. The number of nitrogens with one attached hydrogen (secondary N) is 2. The van der Waals surface area contributed by atoms with Crippen molar-refractivity contribution in [3.05, 3.63) is 29.8 Å². The van der Waals surface area contributed by atoms with Crippen LogP contribution < -0.4 is 15.5 Å². The van der Waals surface area contributed by atoms with Crippen molar-refractivity contribution in [2.24, 2.45) is 0 Å². The average Bonchev–Trinajstić information content (AvgIpc) is 2.86. The lowest BCUT2D eigenvalue weighted by molar-refractivity contribution is -0.119. The van der Waals surface area contributed by atoms with E-state index < -0.39 is 0 Å². The number of hydrogen-bond donors (Lipinski definition) is 2. The summed E-state index contributed by atoms with van der Waals surface area (Å²) in [5.74, 6) is 0.0789. The van der Waals surface area contributed by atoms with Crippen molar-refractivity contribution in [3.8, 4) is 0 Å². The van der Waals surface area contributed by atoms with Crippen molar-refractivity contribution in [3.63, 3.8) is 0 Å². The van der Waals surface area contributed by atoms with E-state index >= 15 is 0 Å². The lowest BCUT2D eigenvalue weighted by Gasteiger charge is -2.18. The fraction of sp³-hybridized carbons (Fsp3) is 0.533. The van der Waals surface area contributed by atoms with Gasteiger partial charge in [-0.15, -0.1) is 24.8 Å². The molecule has 1 amide bonds. The number of amides is 1. The number of rotatable bonds is 8. The molecule has 1 aromatic rings. The van der Waals surface area contributed by atoms with Gasteiger partial charge in [0.05, 0.1) is 13.2 Å². The number of fused-ring (bicyclic) bond motifs is 1. The summed E-state index contributed by atoms with van der Waals surface area (Å²) in [7, 11) is 1.68. The van der Waals surface area contributed by atoms with Crippen molar-refractivity contribution in [2.45, 2.75) is 6.42 Å². The van der Waals surface area contributed by atoms with Crippen molar-refractivity contribution in [1.29, 1.82) is 0 Å². The molecule has 0 aromatic heterocycles. The molecule has 2 N–H and O–H groups in total. The van der Waals surface area contributed by atoms with Gasteiger partial charge in [0.15, 0.2) is 0 Å². The fourth-order valence-electron chi connectivity index (χ4n) is 2.39. The zero-order chi connectivity index (χ0) is 14.2. The van der Waals surface area contributed by atoms with Crippen LogP contribution in [-0.2, 0) is 16.0 Å². The van der Waals surface area contributed by atoms with Crippen LogP contribution in [0.15, 0.2) is 24.3 Å². The molecule has 0 unspecified atom stereocenters. The highest BCUT2D eigenvalue weighted by Crippen LogP contribution is 2.26. The molecule has 0 aliphatic carbocycles. The van der Waals surface area contributed by atoms with Crippen molar-refractivity contribution < 1.29 is 9.53 Å². The van der Waals surface area contributed by atoms with Gasteiger partial charge in [-0.1, -0.05) is 18.2 Å². The molecule has 126 valence electrons. The SMILES string of the molecule is COCCNCCNC(=O)CN1CCc2ccccc21.Cl.Cl. The number of para-hydroxylation sites is 1. The molecule has 0 saturated heterocycles. The number of nitrogens with zero attached hydrogens (tertiary/aromatic N) is 1. The normalized spacial score (nSPS) is 12.1.